The monoisotopic (exact) mass is 613 g/mol. The predicted molar refractivity (Wildman–Crippen MR) is 139 cm³/mol. The number of halogens is 3. The maximum absolute atomic E-state index is 12.5. The van der Waals surface area contributed by atoms with Gasteiger partial charge in [-0.1, -0.05) is 34.5 Å². The molecule has 1 N–H and O–H groups in total. The van der Waals surface area contributed by atoms with Gasteiger partial charge < -0.3 is 9.32 Å². The van der Waals surface area contributed by atoms with Crippen molar-refractivity contribution < 1.29 is 9.21 Å². The Bertz CT molecular complexity index is 1220. The molecule has 1 amide bonds. The molecule has 31 heavy (non-hydrogen) atoms. The Morgan fingerprint density at radius 1 is 1.35 bits per heavy atom. The van der Waals surface area contributed by atoms with Crippen molar-refractivity contribution in [1.29, 1.82) is 0 Å². The van der Waals surface area contributed by atoms with Gasteiger partial charge in [-0.15, -0.1) is 0 Å². The highest BCUT2D eigenvalue weighted by Gasteiger charge is 2.34. The van der Waals surface area contributed by atoms with Crippen molar-refractivity contribution in [3.63, 3.8) is 0 Å². The molecule has 0 radical (unpaired) electrons. The minimum absolute atomic E-state index is 0.0688. The van der Waals surface area contributed by atoms with Crippen LogP contribution in [0.3, 0.4) is 0 Å². The lowest BCUT2D eigenvalue weighted by atomic mass is 9.80. The number of anilines is 1. The van der Waals surface area contributed by atoms with Crippen LogP contribution in [0.5, 0.6) is 0 Å². The van der Waals surface area contributed by atoms with E-state index < -0.39 is 5.91 Å². The number of nitrogens with one attached hydrogen (secondary N) is 1. The van der Waals surface area contributed by atoms with Gasteiger partial charge in [0.25, 0.3) is 0 Å². The number of fused-ring (bicyclic) bond motifs is 2. The molecule has 0 saturated heterocycles. The first-order valence-corrected chi connectivity index (χ1v) is 12.1. The first-order valence-electron chi connectivity index (χ1n) is 9.86. The van der Waals surface area contributed by atoms with Crippen LogP contribution in [0.4, 0.5) is 5.69 Å². The number of hydrogen-bond donors (Lipinski definition) is 1. The first kappa shape index (κ1) is 22.6. The summed E-state index contributed by atoms with van der Waals surface area (Å²) in [6, 6.07) is 9.59. The van der Waals surface area contributed by atoms with Gasteiger partial charge in [-0.3, -0.25) is 4.79 Å². The minimum atomic E-state index is -0.414. The van der Waals surface area contributed by atoms with Crippen molar-refractivity contribution in [3.8, 4) is 0 Å². The number of carbonyl (C=O) groups excluding carboxylic acids is 1. The van der Waals surface area contributed by atoms with E-state index in [-0.39, 0.29) is 11.3 Å². The standard InChI is InChI=1S/C23H22BrClIN3O2/c1-12-10-23(2,3)29(4)19-9-17(25)14(6-16(12)19)11-27-28-22(30)20-7-13-5-15(24)8-18(26)21(13)31-20/h5-9,11-12H,10H2,1-4H3,(H,28,30)/b27-11-. The Hall–Kier alpha value is -1.58. The maximum Gasteiger partial charge on any atom is 0.307 e. The average Bonchev–Trinajstić information content (AvgIpc) is 3.11. The predicted octanol–water partition coefficient (Wildman–Crippen LogP) is 6.94. The smallest absolute Gasteiger partial charge is 0.307 e. The van der Waals surface area contributed by atoms with Crippen LogP contribution < -0.4 is 10.3 Å². The van der Waals surface area contributed by atoms with Gasteiger partial charge in [0.2, 0.25) is 0 Å². The molecule has 0 saturated carbocycles. The third-order valence-corrected chi connectivity index (χ3v) is 7.47. The zero-order chi connectivity index (χ0) is 22.5. The highest BCUT2D eigenvalue weighted by molar-refractivity contribution is 14.1. The molecule has 2 heterocycles. The number of rotatable bonds is 3. The maximum atomic E-state index is 12.5. The number of hydrazone groups is 1. The third-order valence-electron chi connectivity index (χ3n) is 5.88. The van der Waals surface area contributed by atoms with E-state index in [1.54, 1.807) is 12.3 Å². The zero-order valence-electron chi connectivity index (χ0n) is 17.6. The molecule has 0 bridgehead atoms. The lowest BCUT2D eigenvalue weighted by Crippen LogP contribution is -2.45. The van der Waals surface area contributed by atoms with Gasteiger partial charge in [0, 0.05) is 33.7 Å². The highest BCUT2D eigenvalue weighted by Crippen LogP contribution is 2.44. The van der Waals surface area contributed by atoms with Crippen LogP contribution >= 0.6 is 50.1 Å². The summed E-state index contributed by atoms with van der Waals surface area (Å²) < 4.78 is 7.57. The zero-order valence-corrected chi connectivity index (χ0v) is 22.1. The fourth-order valence-electron chi connectivity index (χ4n) is 4.11. The summed E-state index contributed by atoms with van der Waals surface area (Å²) in [5.74, 6) is 0.193. The largest absolute Gasteiger partial charge is 0.450 e. The van der Waals surface area contributed by atoms with Crippen LogP contribution in [0.1, 0.15) is 54.8 Å². The summed E-state index contributed by atoms with van der Waals surface area (Å²) >= 11 is 12.2. The van der Waals surface area contributed by atoms with Gasteiger partial charge in [-0.05, 0) is 84.7 Å². The molecule has 5 nitrogen and oxygen atoms in total. The van der Waals surface area contributed by atoms with Gasteiger partial charge in [0.15, 0.2) is 5.76 Å². The highest BCUT2D eigenvalue weighted by atomic mass is 127. The molecule has 8 heteroatoms. The third kappa shape index (κ3) is 4.36. The summed E-state index contributed by atoms with van der Waals surface area (Å²) in [4.78, 5) is 14.8. The molecule has 1 unspecified atom stereocenters. The fraction of sp³-hybridized carbons (Fsp3) is 0.304. The van der Waals surface area contributed by atoms with Crippen LogP contribution in [-0.2, 0) is 0 Å². The molecule has 1 aliphatic rings. The molecular weight excluding hydrogens is 593 g/mol. The van der Waals surface area contributed by atoms with Crippen LogP contribution in [0.2, 0.25) is 5.02 Å². The summed E-state index contributed by atoms with van der Waals surface area (Å²) in [5.41, 5.74) is 6.42. The van der Waals surface area contributed by atoms with Gasteiger partial charge in [0.05, 0.1) is 14.8 Å². The molecule has 162 valence electrons. The number of furan rings is 1. The van der Waals surface area contributed by atoms with Crippen molar-refractivity contribution >= 4 is 78.9 Å². The van der Waals surface area contributed by atoms with Crippen molar-refractivity contribution in [2.24, 2.45) is 5.10 Å². The number of carbonyl (C=O) groups is 1. The summed E-state index contributed by atoms with van der Waals surface area (Å²) in [5, 5.41) is 5.56. The van der Waals surface area contributed by atoms with Crippen LogP contribution in [0.15, 0.2) is 44.3 Å². The number of amides is 1. The molecule has 3 aromatic rings. The minimum Gasteiger partial charge on any atom is -0.450 e. The Morgan fingerprint density at radius 3 is 2.84 bits per heavy atom. The molecule has 0 fully saturated rings. The van der Waals surface area contributed by atoms with E-state index in [0.29, 0.717) is 16.5 Å². The van der Waals surface area contributed by atoms with Crippen molar-refractivity contribution in [2.45, 2.75) is 38.6 Å². The fourth-order valence-corrected chi connectivity index (χ4v) is 5.97. The average molecular weight is 615 g/mol. The summed E-state index contributed by atoms with van der Waals surface area (Å²) in [6.45, 7) is 6.71. The second kappa shape index (κ2) is 8.41. The lowest BCUT2D eigenvalue weighted by Gasteiger charge is -2.45. The van der Waals surface area contributed by atoms with Gasteiger partial charge in [-0.25, -0.2) is 5.43 Å². The van der Waals surface area contributed by atoms with E-state index in [1.165, 1.54) is 5.56 Å². The summed E-state index contributed by atoms with van der Waals surface area (Å²) in [7, 11) is 2.10. The molecule has 1 aliphatic heterocycles. The quantitative estimate of drug-likeness (QED) is 0.198. The molecule has 2 aromatic carbocycles. The van der Waals surface area contributed by atoms with E-state index in [2.05, 4.69) is 87.8 Å². The van der Waals surface area contributed by atoms with Crippen molar-refractivity contribution in [1.82, 2.24) is 5.43 Å². The van der Waals surface area contributed by atoms with Gasteiger partial charge in [0.1, 0.15) is 5.58 Å². The van der Waals surface area contributed by atoms with Crippen molar-refractivity contribution in [2.75, 3.05) is 11.9 Å². The number of nitrogens with zero attached hydrogens (tertiary/aromatic N) is 2. The van der Waals surface area contributed by atoms with E-state index >= 15 is 0 Å². The molecule has 4 rings (SSSR count). The number of benzene rings is 2. The van der Waals surface area contributed by atoms with E-state index in [1.807, 2.05) is 18.2 Å². The molecule has 1 aromatic heterocycles. The van der Waals surface area contributed by atoms with E-state index in [9.17, 15) is 4.79 Å². The summed E-state index contributed by atoms with van der Waals surface area (Å²) in [6.07, 6.45) is 2.63. The van der Waals surface area contributed by atoms with E-state index in [4.69, 9.17) is 16.0 Å². The number of hydrogen-bond acceptors (Lipinski definition) is 4. The molecule has 0 aliphatic carbocycles. The SMILES string of the molecule is CC1CC(C)(C)N(C)c2cc(Cl)c(/C=N\NC(=O)c3cc4cc(Br)cc(I)c4o3)cc21. The molecule has 0 spiro atoms. The van der Waals surface area contributed by atoms with Crippen LogP contribution in [0.25, 0.3) is 11.0 Å². The first-order chi connectivity index (χ1) is 14.6. The van der Waals surface area contributed by atoms with Gasteiger partial charge >= 0.3 is 5.91 Å². The second-order valence-electron chi connectivity index (χ2n) is 8.52. The second-order valence-corrected chi connectivity index (χ2v) is 11.0. The van der Waals surface area contributed by atoms with Crippen molar-refractivity contribution in [3.05, 3.63) is 60.3 Å². The topological polar surface area (TPSA) is 57.8 Å². The molecule has 1 atom stereocenters. The Kier molecular flexibility index (Phi) is 6.13. The Balaban J connectivity index is 1.55. The lowest BCUT2D eigenvalue weighted by molar-refractivity contribution is 0.0929. The Morgan fingerprint density at radius 2 is 2.10 bits per heavy atom. The van der Waals surface area contributed by atoms with Gasteiger partial charge in [-0.2, -0.15) is 5.10 Å². The normalized spacial score (nSPS) is 17.9. The Labute approximate surface area is 208 Å². The van der Waals surface area contributed by atoms with Crippen LogP contribution in [-0.4, -0.2) is 24.7 Å². The van der Waals surface area contributed by atoms with Crippen LogP contribution in [0, 0.1) is 3.57 Å². The van der Waals surface area contributed by atoms with E-state index in [0.717, 1.165) is 31.1 Å². The molecular formula is C23H22BrClIN3O2.